The number of nitriles is 1. The molecule has 0 amide bonds. The van der Waals surface area contributed by atoms with Crippen LogP contribution in [0.15, 0.2) is 21.3 Å². The normalized spacial score (nSPS) is 10.1. The highest BCUT2D eigenvalue weighted by molar-refractivity contribution is 7.16. The average Bonchev–Trinajstić information content (AvgIpc) is 2.56. The topological polar surface area (TPSA) is 63.2 Å². The standard InChI is InChI=1S/C10H7NO3S/c1-13-7-5-9-8(14-10(12)15-9)4-6(7)2-3-11/h4-5H,2H2,1H3. The molecule has 0 spiro atoms. The molecule has 5 heteroatoms. The number of rotatable bonds is 2. The molecule has 1 aromatic carbocycles. The van der Waals surface area contributed by atoms with Crippen molar-refractivity contribution in [2.24, 2.45) is 0 Å². The molecule has 0 aliphatic rings. The number of fused-ring (bicyclic) bond motifs is 1. The number of benzene rings is 1. The van der Waals surface area contributed by atoms with Gasteiger partial charge in [-0.1, -0.05) is 11.3 Å². The molecule has 0 radical (unpaired) electrons. The van der Waals surface area contributed by atoms with Gasteiger partial charge in [0.05, 0.1) is 24.3 Å². The monoisotopic (exact) mass is 221 g/mol. The van der Waals surface area contributed by atoms with Gasteiger partial charge in [0.1, 0.15) is 11.3 Å². The van der Waals surface area contributed by atoms with Crippen LogP contribution in [0.3, 0.4) is 0 Å². The third-order valence-electron chi connectivity index (χ3n) is 2.00. The summed E-state index contributed by atoms with van der Waals surface area (Å²) in [5.41, 5.74) is 1.24. The van der Waals surface area contributed by atoms with E-state index < -0.39 is 0 Å². The molecule has 15 heavy (non-hydrogen) atoms. The van der Waals surface area contributed by atoms with Crippen LogP contribution < -0.4 is 9.68 Å². The van der Waals surface area contributed by atoms with Gasteiger partial charge in [0.15, 0.2) is 0 Å². The lowest BCUT2D eigenvalue weighted by Crippen LogP contribution is -1.90. The Morgan fingerprint density at radius 2 is 2.40 bits per heavy atom. The predicted octanol–water partition coefficient (Wildman–Crippen LogP) is 1.93. The van der Waals surface area contributed by atoms with Crippen molar-refractivity contribution in [3.63, 3.8) is 0 Å². The second-order valence-electron chi connectivity index (χ2n) is 2.90. The zero-order chi connectivity index (χ0) is 10.8. The van der Waals surface area contributed by atoms with Crippen molar-refractivity contribution >= 4 is 21.6 Å². The molecule has 4 nitrogen and oxygen atoms in total. The third-order valence-corrected chi connectivity index (χ3v) is 2.79. The van der Waals surface area contributed by atoms with E-state index in [0.717, 1.165) is 21.6 Å². The minimum Gasteiger partial charge on any atom is -0.496 e. The first-order valence-electron chi connectivity index (χ1n) is 4.22. The zero-order valence-electron chi connectivity index (χ0n) is 7.94. The van der Waals surface area contributed by atoms with E-state index in [1.54, 1.807) is 12.1 Å². The lowest BCUT2D eigenvalue weighted by Gasteiger charge is -2.04. The molecule has 0 bridgehead atoms. The molecule has 0 saturated heterocycles. The molecule has 1 heterocycles. The van der Waals surface area contributed by atoms with Crippen LogP contribution in [0.5, 0.6) is 5.75 Å². The maximum atomic E-state index is 11.0. The second-order valence-corrected chi connectivity index (χ2v) is 3.88. The number of hydrogen-bond donors (Lipinski definition) is 0. The average molecular weight is 221 g/mol. The lowest BCUT2D eigenvalue weighted by molar-refractivity contribution is 0.411. The Labute approximate surface area is 89.3 Å². The van der Waals surface area contributed by atoms with Crippen molar-refractivity contribution in [2.75, 3.05) is 7.11 Å². The number of ether oxygens (including phenoxy) is 1. The summed E-state index contributed by atoms with van der Waals surface area (Å²) in [6.07, 6.45) is 0.235. The molecule has 76 valence electrons. The fourth-order valence-electron chi connectivity index (χ4n) is 1.36. The maximum absolute atomic E-state index is 11.0. The smallest absolute Gasteiger partial charge is 0.396 e. The molecule has 1 aromatic heterocycles. The van der Waals surface area contributed by atoms with E-state index in [0.29, 0.717) is 11.3 Å². The summed E-state index contributed by atoms with van der Waals surface area (Å²) in [7, 11) is 1.53. The van der Waals surface area contributed by atoms with Gasteiger partial charge in [0.25, 0.3) is 0 Å². The minimum atomic E-state index is -0.346. The summed E-state index contributed by atoms with van der Waals surface area (Å²) in [4.78, 5) is 10.7. The van der Waals surface area contributed by atoms with Gasteiger partial charge in [-0.3, -0.25) is 0 Å². The summed E-state index contributed by atoms with van der Waals surface area (Å²) in [5, 5.41) is 8.62. The SMILES string of the molecule is COc1cc2sc(=O)oc2cc1CC#N. The summed E-state index contributed by atoms with van der Waals surface area (Å²) in [5.74, 6) is 0.612. The summed E-state index contributed by atoms with van der Waals surface area (Å²) in [6, 6.07) is 5.43. The van der Waals surface area contributed by atoms with Crippen molar-refractivity contribution in [2.45, 2.75) is 6.42 Å². The molecule has 0 atom stereocenters. The van der Waals surface area contributed by atoms with E-state index in [2.05, 4.69) is 0 Å². The lowest BCUT2D eigenvalue weighted by atomic mass is 10.1. The Hall–Kier alpha value is -1.80. The van der Waals surface area contributed by atoms with E-state index in [1.165, 1.54) is 7.11 Å². The Morgan fingerprint density at radius 1 is 1.60 bits per heavy atom. The third kappa shape index (κ3) is 1.72. The van der Waals surface area contributed by atoms with Gasteiger partial charge >= 0.3 is 4.94 Å². The summed E-state index contributed by atoms with van der Waals surface area (Å²) < 4.78 is 10.8. The van der Waals surface area contributed by atoms with E-state index >= 15 is 0 Å². The van der Waals surface area contributed by atoms with Crippen LogP contribution in [0.25, 0.3) is 10.3 Å². The molecule has 0 saturated carbocycles. The molecule has 2 aromatic rings. The molecule has 2 rings (SSSR count). The molecule has 0 unspecified atom stereocenters. The van der Waals surface area contributed by atoms with E-state index in [-0.39, 0.29) is 11.4 Å². The molecule has 0 N–H and O–H groups in total. The first-order valence-corrected chi connectivity index (χ1v) is 5.03. The largest absolute Gasteiger partial charge is 0.496 e. The van der Waals surface area contributed by atoms with Crippen LogP contribution in [-0.2, 0) is 6.42 Å². The highest BCUT2D eigenvalue weighted by Crippen LogP contribution is 2.27. The maximum Gasteiger partial charge on any atom is 0.396 e. The van der Waals surface area contributed by atoms with Crippen LogP contribution in [0.2, 0.25) is 0 Å². The van der Waals surface area contributed by atoms with Crippen LogP contribution >= 0.6 is 11.3 Å². The Bertz CT molecular complexity index is 591. The fourth-order valence-corrected chi connectivity index (χ4v) is 2.03. The van der Waals surface area contributed by atoms with Gasteiger partial charge in [0.2, 0.25) is 0 Å². The number of hydrogen-bond acceptors (Lipinski definition) is 5. The van der Waals surface area contributed by atoms with Crippen molar-refractivity contribution in [3.05, 3.63) is 27.4 Å². The Kier molecular flexibility index (Phi) is 2.44. The van der Waals surface area contributed by atoms with Gasteiger partial charge in [-0.05, 0) is 6.07 Å². The Morgan fingerprint density at radius 3 is 3.07 bits per heavy atom. The van der Waals surface area contributed by atoms with Crippen molar-refractivity contribution in [1.82, 2.24) is 0 Å². The van der Waals surface area contributed by atoms with Gasteiger partial charge in [-0.15, -0.1) is 0 Å². The van der Waals surface area contributed by atoms with Gasteiger partial charge in [0, 0.05) is 11.6 Å². The van der Waals surface area contributed by atoms with E-state index in [4.69, 9.17) is 14.4 Å². The minimum absolute atomic E-state index is 0.235. The van der Waals surface area contributed by atoms with E-state index in [9.17, 15) is 4.79 Å². The van der Waals surface area contributed by atoms with Gasteiger partial charge in [-0.25, -0.2) is 4.79 Å². The van der Waals surface area contributed by atoms with Crippen molar-refractivity contribution < 1.29 is 9.15 Å². The Balaban J connectivity index is 2.69. The van der Waals surface area contributed by atoms with Gasteiger partial charge in [-0.2, -0.15) is 5.26 Å². The van der Waals surface area contributed by atoms with E-state index in [1.807, 2.05) is 6.07 Å². The molecule has 0 fully saturated rings. The highest BCUT2D eigenvalue weighted by Gasteiger charge is 2.09. The highest BCUT2D eigenvalue weighted by atomic mass is 32.1. The number of nitrogens with zero attached hydrogens (tertiary/aromatic N) is 1. The number of methoxy groups -OCH3 is 1. The van der Waals surface area contributed by atoms with Crippen molar-refractivity contribution in [1.29, 1.82) is 5.26 Å². The first kappa shape index (κ1) is 9.74. The molecular formula is C10H7NO3S. The van der Waals surface area contributed by atoms with Crippen LogP contribution in [0, 0.1) is 11.3 Å². The summed E-state index contributed by atoms with van der Waals surface area (Å²) in [6.45, 7) is 0. The van der Waals surface area contributed by atoms with Crippen molar-refractivity contribution in [3.8, 4) is 11.8 Å². The second kappa shape index (κ2) is 3.75. The van der Waals surface area contributed by atoms with Gasteiger partial charge < -0.3 is 9.15 Å². The zero-order valence-corrected chi connectivity index (χ0v) is 8.76. The van der Waals surface area contributed by atoms with Crippen LogP contribution in [0.1, 0.15) is 5.56 Å². The molecule has 0 aliphatic heterocycles. The molecule has 0 aliphatic carbocycles. The summed E-state index contributed by atoms with van der Waals surface area (Å²) >= 11 is 1.02. The quantitative estimate of drug-likeness (QED) is 0.777. The molecular weight excluding hydrogens is 214 g/mol. The fraction of sp³-hybridized carbons (Fsp3) is 0.200. The van der Waals surface area contributed by atoms with Crippen LogP contribution in [-0.4, -0.2) is 7.11 Å². The van der Waals surface area contributed by atoms with Crippen LogP contribution in [0.4, 0.5) is 0 Å². The first-order chi connectivity index (χ1) is 7.24. The predicted molar refractivity (Wildman–Crippen MR) is 56.2 cm³/mol.